The lowest BCUT2D eigenvalue weighted by molar-refractivity contribution is 0.115. The number of halogens is 1. The summed E-state index contributed by atoms with van der Waals surface area (Å²) in [6, 6.07) is 7.18. The van der Waals surface area contributed by atoms with Gasteiger partial charge in [0.25, 0.3) is 0 Å². The molecule has 0 saturated carbocycles. The number of hydrogen-bond acceptors (Lipinski definition) is 3. The van der Waals surface area contributed by atoms with Gasteiger partial charge in [0.1, 0.15) is 0 Å². The normalized spacial score (nSPS) is 9.80. The van der Waals surface area contributed by atoms with Gasteiger partial charge in [0.15, 0.2) is 0 Å². The summed E-state index contributed by atoms with van der Waals surface area (Å²) in [7, 11) is 2.68. The Labute approximate surface area is 93.3 Å². The highest BCUT2D eigenvalue weighted by Crippen LogP contribution is 2.22. The zero-order valence-corrected chi connectivity index (χ0v) is 9.32. The maximum Gasteiger partial charge on any atom is 0.438 e. The van der Waals surface area contributed by atoms with E-state index in [1.54, 1.807) is 12.1 Å². The van der Waals surface area contributed by atoms with Crippen LogP contribution in [0.2, 0.25) is 0 Å². The van der Waals surface area contributed by atoms with Crippen LogP contribution in [0.25, 0.3) is 0 Å². The van der Waals surface area contributed by atoms with Crippen molar-refractivity contribution in [3.8, 4) is 0 Å². The number of carbonyl (C=O) groups is 1. The minimum absolute atomic E-state index is 0.299. The zero-order chi connectivity index (χ0) is 11.3. The minimum atomic E-state index is -0.588. The summed E-state index contributed by atoms with van der Waals surface area (Å²) in [5.74, 6) is 0.299. The predicted molar refractivity (Wildman–Crippen MR) is 57.9 cm³/mol. The molecule has 1 rings (SSSR count). The van der Waals surface area contributed by atoms with E-state index in [-0.39, 0.29) is 0 Å². The first-order valence-corrected chi connectivity index (χ1v) is 4.84. The fraction of sp³-hybridized carbons (Fsp3) is 0.300. The van der Waals surface area contributed by atoms with Crippen LogP contribution in [0.1, 0.15) is 5.56 Å². The summed E-state index contributed by atoms with van der Waals surface area (Å²) in [4.78, 5) is 16.3. The van der Waals surface area contributed by atoms with E-state index in [2.05, 4.69) is 4.74 Å². The van der Waals surface area contributed by atoms with E-state index in [0.29, 0.717) is 11.6 Å². The Balaban J connectivity index is 3.05. The van der Waals surface area contributed by atoms with Gasteiger partial charge in [0.05, 0.1) is 19.9 Å². The number of hydroxylamine groups is 1. The molecule has 0 N–H and O–H groups in total. The number of methoxy groups -OCH3 is 1. The van der Waals surface area contributed by atoms with Gasteiger partial charge in [-0.3, -0.25) is 4.84 Å². The highest BCUT2D eigenvalue weighted by atomic mass is 35.5. The highest BCUT2D eigenvalue weighted by molar-refractivity contribution is 6.17. The number of ether oxygens (including phenoxy) is 1. The monoisotopic (exact) mass is 229 g/mol. The molecular weight excluding hydrogens is 218 g/mol. The number of alkyl halides is 1. The molecule has 0 bridgehead atoms. The Hall–Kier alpha value is -1.26. The molecule has 82 valence electrons. The van der Waals surface area contributed by atoms with Crippen molar-refractivity contribution in [1.29, 1.82) is 0 Å². The Morgan fingerprint density at radius 2 is 2.07 bits per heavy atom. The average Bonchev–Trinajstić information content (AvgIpc) is 2.30. The van der Waals surface area contributed by atoms with Crippen LogP contribution in [-0.4, -0.2) is 20.3 Å². The van der Waals surface area contributed by atoms with Crippen LogP contribution in [0, 0.1) is 0 Å². The van der Waals surface area contributed by atoms with Gasteiger partial charge < -0.3 is 4.74 Å². The van der Waals surface area contributed by atoms with E-state index in [1.807, 2.05) is 12.1 Å². The molecule has 4 nitrogen and oxygen atoms in total. The summed E-state index contributed by atoms with van der Waals surface area (Å²) in [6.07, 6.45) is -0.588. The molecule has 0 atom stereocenters. The van der Waals surface area contributed by atoms with E-state index >= 15 is 0 Å². The summed E-state index contributed by atoms with van der Waals surface area (Å²) in [5, 5.41) is 1.05. The first-order valence-electron chi connectivity index (χ1n) is 4.30. The first kappa shape index (κ1) is 11.8. The van der Waals surface area contributed by atoms with E-state index in [4.69, 9.17) is 16.4 Å². The third-order valence-electron chi connectivity index (χ3n) is 1.88. The number of para-hydroxylation sites is 1. The van der Waals surface area contributed by atoms with Crippen LogP contribution < -0.4 is 5.06 Å². The third-order valence-corrected chi connectivity index (χ3v) is 2.17. The van der Waals surface area contributed by atoms with Crippen LogP contribution in [0.5, 0.6) is 0 Å². The first-order chi connectivity index (χ1) is 7.24. The number of benzene rings is 1. The van der Waals surface area contributed by atoms with Crippen LogP contribution in [0.4, 0.5) is 10.5 Å². The SMILES string of the molecule is COC(=O)N(OC)c1ccccc1CCl. The topological polar surface area (TPSA) is 38.8 Å². The Bertz CT molecular complexity index is 343. The quantitative estimate of drug-likeness (QED) is 0.591. The molecule has 0 fully saturated rings. The molecule has 0 saturated heterocycles. The van der Waals surface area contributed by atoms with Crippen molar-refractivity contribution >= 4 is 23.4 Å². The highest BCUT2D eigenvalue weighted by Gasteiger charge is 2.18. The maximum atomic E-state index is 11.3. The van der Waals surface area contributed by atoms with Crippen LogP contribution in [-0.2, 0) is 15.5 Å². The van der Waals surface area contributed by atoms with E-state index in [1.165, 1.54) is 14.2 Å². The molecule has 0 radical (unpaired) electrons. The van der Waals surface area contributed by atoms with Crippen LogP contribution in [0.3, 0.4) is 0 Å². The predicted octanol–water partition coefficient (Wildman–Crippen LogP) is 2.56. The number of nitrogens with zero attached hydrogens (tertiary/aromatic N) is 1. The van der Waals surface area contributed by atoms with Gasteiger partial charge in [-0.2, -0.15) is 5.06 Å². The van der Waals surface area contributed by atoms with Gasteiger partial charge in [0.2, 0.25) is 0 Å². The van der Waals surface area contributed by atoms with Crippen molar-refractivity contribution in [3.05, 3.63) is 29.8 Å². The molecule has 0 unspecified atom stereocenters. The van der Waals surface area contributed by atoms with Gasteiger partial charge >= 0.3 is 6.09 Å². The van der Waals surface area contributed by atoms with Crippen LogP contribution >= 0.6 is 11.6 Å². The average molecular weight is 230 g/mol. The molecule has 0 aliphatic rings. The van der Waals surface area contributed by atoms with Gasteiger partial charge in [-0.25, -0.2) is 4.79 Å². The summed E-state index contributed by atoms with van der Waals surface area (Å²) in [6.45, 7) is 0. The van der Waals surface area contributed by atoms with Crippen molar-refractivity contribution in [2.45, 2.75) is 5.88 Å². The number of anilines is 1. The fourth-order valence-electron chi connectivity index (χ4n) is 1.18. The van der Waals surface area contributed by atoms with E-state index < -0.39 is 6.09 Å². The Morgan fingerprint density at radius 1 is 1.40 bits per heavy atom. The molecule has 0 aromatic heterocycles. The molecule has 0 heterocycles. The Kier molecular flexibility index (Phi) is 4.39. The maximum absolute atomic E-state index is 11.3. The minimum Gasteiger partial charge on any atom is -0.451 e. The Morgan fingerprint density at radius 3 is 2.60 bits per heavy atom. The van der Waals surface area contributed by atoms with Gasteiger partial charge in [0, 0.05) is 5.88 Å². The second-order valence-electron chi connectivity index (χ2n) is 2.71. The van der Waals surface area contributed by atoms with Gasteiger partial charge in [-0.1, -0.05) is 18.2 Å². The summed E-state index contributed by atoms with van der Waals surface area (Å²) in [5.41, 5.74) is 1.38. The number of hydrogen-bond donors (Lipinski definition) is 0. The lowest BCUT2D eigenvalue weighted by atomic mass is 10.2. The summed E-state index contributed by atoms with van der Waals surface area (Å²) >= 11 is 5.75. The van der Waals surface area contributed by atoms with Crippen molar-refractivity contribution in [2.75, 3.05) is 19.3 Å². The molecule has 1 aromatic rings. The standard InChI is InChI=1S/C10H12ClNO3/c1-14-10(13)12(15-2)9-6-4-3-5-8(9)7-11/h3-6H,7H2,1-2H3. The smallest absolute Gasteiger partial charge is 0.438 e. The second-order valence-corrected chi connectivity index (χ2v) is 2.98. The molecular formula is C10H12ClNO3. The van der Waals surface area contributed by atoms with Crippen molar-refractivity contribution in [3.63, 3.8) is 0 Å². The van der Waals surface area contributed by atoms with Crippen molar-refractivity contribution in [1.82, 2.24) is 0 Å². The number of rotatable bonds is 3. The van der Waals surface area contributed by atoms with Gasteiger partial charge in [-0.15, -0.1) is 11.6 Å². The third kappa shape index (κ3) is 2.61. The van der Waals surface area contributed by atoms with Gasteiger partial charge in [-0.05, 0) is 11.6 Å². The lowest BCUT2D eigenvalue weighted by Gasteiger charge is -2.20. The largest absolute Gasteiger partial charge is 0.451 e. The molecule has 0 aliphatic carbocycles. The van der Waals surface area contributed by atoms with E-state index in [9.17, 15) is 4.79 Å². The molecule has 1 amide bonds. The lowest BCUT2D eigenvalue weighted by Crippen LogP contribution is -2.30. The van der Waals surface area contributed by atoms with Crippen molar-refractivity contribution < 1.29 is 14.4 Å². The number of carbonyl (C=O) groups excluding carboxylic acids is 1. The molecule has 1 aromatic carbocycles. The molecule has 0 spiro atoms. The zero-order valence-electron chi connectivity index (χ0n) is 8.57. The molecule has 15 heavy (non-hydrogen) atoms. The molecule has 5 heteroatoms. The van der Waals surface area contributed by atoms with Crippen molar-refractivity contribution in [2.24, 2.45) is 0 Å². The molecule has 0 aliphatic heterocycles. The number of amides is 1. The second kappa shape index (κ2) is 5.58. The summed E-state index contributed by atoms with van der Waals surface area (Å²) < 4.78 is 4.58. The fourth-order valence-corrected chi connectivity index (χ4v) is 1.40. The van der Waals surface area contributed by atoms with E-state index in [0.717, 1.165) is 10.6 Å². The van der Waals surface area contributed by atoms with Crippen LogP contribution in [0.15, 0.2) is 24.3 Å².